The van der Waals surface area contributed by atoms with Crippen LogP contribution in [-0.4, -0.2) is 30.4 Å². The smallest absolute Gasteiger partial charge is 0.321 e. The number of hydrogen-bond donors (Lipinski definition) is 1. The van der Waals surface area contributed by atoms with Crippen molar-refractivity contribution in [3.63, 3.8) is 0 Å². The van der Waals surface area contributed by atoms with Gasteiger partial charge >= 0.3 is 5.97 Å². The van der Waals surface area contributed by atoms with Gasteiger partial charge in [-0.1, -0.05) is 33.6 Å². The Balaban J connectivity index is 2.53. The summed E-state index contributed by atoms with van der Waals surface area (Å²) in [7, 11) is 1.30. The Kier molecular flexibility index (Phi) is 5.15. The summed E-state index contributed by atoms with van der Waals surface area (Å²) in [5.74, 6) is -0.614. The fourth-order valence-corrected chi connectivity index (χ4v) is 1.63. The molecule has 0 radical (unpaired) electrons. The summed E-state index contributed by atoms with van der Waals surface area (Å²) in [6, 6.07) is 7.25. The summed E-state index contributed by atoms with van der Waals surface area (Å²) in [6.45, 7) is 2.11. The highest BCUT2D eigenvalue weighted by Gasteiger charge is 2.16. The van der Waals surface area contributed by atoms with E-state index >= 15 is 0 Å². The fraction of sp³-hybridized carbons (Fsp3) is 0.333. The average molecular weight is 300 g/mol. The number of nitrogens with one attached hydrogen (secondary N) is 1. The summed E-state index contributed by atoms with van der Waals surface area (Å²) < 4.78 is 4.53. The van der Waals surface area contributed by atoms with Crippen LogP contribution in [0.3, 0.4) is 0 Å². The Hall–Kier alpha value is -1.36. The van der Waals surface area contributed by atoms with Gasteiger partial charge in [-0.3, -0.25) is 9.59 Å². The van der Waals surface area contributed by atoms with E-state index in [9.17, 15) is 9.59 Å². The predicted octanol–water partition coefficient (Wildman–Crippen LogP) is 1.66. The molecule has 1 atom stereocenters. The molecule has 4 nitrogen and oxygen atoms in total. The number of benzene rings is 1. The lowest BCUT2D eigenvalue weighted by Gasteiger charge is -2.09. The van der Waals surface area contributed by atoms with E-state index in [0.29, 0.717) is 5.56 Å². The average Bonchev–Trinajstić information content (AvgIpc) is 2.34. The van der Waals surface area contributed by atoms with Crippen molar-refractivity contribution in [1.29, 1.82) is 0 Å². The molecular formula is C12H14BrNO3. The fourth-order valence-electron chi connectivity index (χ4n) is 1.28. The number of esters is 1. The number of hydrogen-bond acceptors (Lipinski definition) is 3. The van der Waals surface area contributed by atoms with Gasteiger partial charge in [0.15, 0.2) is 0 Å². The van der Waals surface area contributed by atoms with Crippen LogP contribution in [0, 0.1) is 6.92 Å². The van der Waals surface area contributed by atoms with Crippen molar-refractivity contribution in [3.8, 4) is 0 Å². The van der Waals surface area contributed by atoms with E-state index in [-0.39, 0.29) is 12.5 Å². The van der Waals surface area contributed by atoms with E-state index in [4.69, 9.17) is 0 Å². The normalized spacial score (nSPS) is 11.7. The van der Waals surface area contributed by atoms with Gasteiger partial charge in [-0.15, -0.1) is 0 Å². The minimum atomic E-state index is -0.527. The molecule has 92 valence electrons. The highest BCUT2D eigenvalue weighted by Crippen LogP contribution is 2.05. The van der Waals surface area contributed by atoms with Gasteiger partial charge in [-0.2, -0.15) is 0 Å². The van der Waals surface area contributed by atoms with Gasteiger partial charge in [0.05, 0.1) is 7.11 Å². The van der Waals surface area contributed by atoms with Gasteiger partial charge in [-0.25, -0.2) is 0 Å². The first-order valence-corrected chi connectivity index (χ1v) is 6.03. The molecule has 17 heavy (non-hydrogen) atoms. The minimum absolute atomic E-state index is 0.194. The third-order valence-corrected chi connectivity index (χ3v) is 2.88. The van der Waals surface area contributed by atoms with Crippen LogP contribution in [0.2, 0.25) is 0 Å². The number of ether oxygens (including phenoxy) is 1. The summed E-state index contributed by atoms with van der Waals surface area (Å²) >= 11 is 3.13. The van der Waals surface area contributed by atoms with Crippen LogP contribution in [0.25, 0.3) is 0 Å². The number of halogens is 1. The molecule has 0 aromatic heterocycles. The van der Waals surface area contributed by atoms with Gasteiger partial charge in [0.25, 0.3) is 5.91 Å². The van der Waals surface area contributed by atoms with E-state index in [2.05, 4.69) is 26.0 Å². The summed E-state index contributed by atoms with van der Waals surface area (Å²) in [4.78, 5) is 22.3. The molecule has 0 aliphatic rings. The van der Waals surface area contributed by atoms with Gasteiger partial charge in [0.2, 0.25) is 0 Å². The summed E-state index contributed by atoms with van der Waals surface area (Å²) in [5, 5.41) is 2.65. The predicted molar refractivity (Wildman–Crippen MR) is 68.2 cm³/mol. The van der Waals surface area contributed by atoms with Crippen molar-refractivity contribution in [3.05, 3.63) is 35.4 Å². The maximum absolute atomic E-state index is 11.7. The summed E-state index contributed by atoms with van der Waals surface area (Å²) in [6.07, 6.45) is 0. The monoisotopic (exact) mass is 299 g/mol. The van der Waals surface area contributed by atoms with Crippen molar-refractivity contribution >= 4 is 27.8 Å². The van der Waals surface area contributed by atoms with Crippen LogP contribution in [0.1, 0.15) is 15.9 Å². The molecule has 1 aromatic carbocycles. The topological polar surface area (TPSA) is 55.4 Å². The molecule has 1 N–H and O–H groups in total. The molecule has 1 amide bonds. The van der Waals surface area contributed by atoms with Crippen molar-refractivity contribution < 1.29 is 14.3 Å². The van der Waals surface area contributed by atoms with E-state index < -0.39 is 10.8 Å². The van der Waals surface area contributed by atoms with Crippen molar-refractivity contribution in [2.45, 2.75) is 11.8 Å². The van der Waals surface area contributed by atoms with Gasteiger partial charge in [0.1, 0.15) is 4.83 Å². The number of carbonyl (C=O) groups is 2. The molecule has 5 heteroatoms. The highest BCUT2D eigenvalue weighted by atomic mass is 79.9. The molecule has 0 heterocycles. The van der Waals surface area contributed by atoms with Crippen LogP contribution >= 0.6 is 15.9 Å². The molecule has 0 aliphatic heterocycles. The molecular weight excluding hydrogens is 286 g/mol. The van der Waals surface area contributed by atoms with E-state index in [1.54, 1.807) is 12.1 Å². The number of rotatable bonds is 4. The minimum Gasteiger partial charge on any atom is -0.468 e. The Morgan fingerprint density at radius 2 is 2.18 bits per heavy atom. The Bertz CT molecular complexity index is 420. The maximum Gasteiger partial charge on any atom is 0.321 e. The lowest BCUT2D eigenvalue weighted by Crippen LogP contribution is -2.33. The molecule has 1 unspecified atom stereocenters. The Labute approximate surface area is 108 Å². The number of carbonyl (C=O) groups excluding carboxylic acids is 2. The van der Waals surface area contributed by atoms with Crippen LogP contribution in [-0.2, 0) is 9.53 Å². The van der Waals surface area contributed by atoms with Crippen LogP contribution in [0.4, 0.5) is 0 Å². The number of amides is 1. The van der Waals surface area contributed by atoms with E-state index in [1.807, 2.05) is 19.1 Å². The maximum atomic E-state index is 11.7. The SMILES string of the molecule is COC(=O)C(Br)CNC(=O)c1cccc(C)c1. The van der Waals surface area contributed by atoms with Crippen LogP contribution in [0.5, 0.6) is 0 Å². The summed E-state index contributed by atoms with van der Waals surface area (Å²) in [5.41, 5.74) is 1.59. The second-order valence-electron chi connectivity index (χ2n) is 3.57. The van der Waals surface area contributed by atoms with E-state index in [0.717, 1.165) is 5.56 Å². The Morgan fingerprint density at radius 3 is 2.76 bits per heavy atom. The molecule has 0 saturated carbocycles. The molecule has 0 saturated heterocycles. The quantitative estimate of drug-likeness (QED) is 0.679. The molecule has 0 fully saturated rings. The first-order valence-electron chi connectivity index (χ1n) is 5.11. The van der Waals surface area contributed by atoms with Crippen molar-refractivity contribution in [1.82, 2.24) is 5.32 Å². The zero-order valence-electron chi connectivity index (χ0n) is 9.70. The molecule has 0 bridgehead atoms. The molecule has 1 aromatic rings. The zero-order valence-corrected chi connectivity index (χ0v) is 11.3. The lowest BCUT2D eigenvalue weighted by atomic mass is 10.1. The van der Waals surface area contributed by atoms with Gasteiger partial charge in [0, 0.05) is 12.1 Å². The zero-order chi connectivity index (χ0) is 12.8. The highest BCUT2D eigenvalue weighted by molar-refractivity contribution is 9.10. The van der Waals surface area contributed by atoms with Gasteiger partial charge < -0.3 is 10.1 Å². The first kappa shape index (κ1) is 13.7. The number of aryl methyl sites for hydroxylation is 1. The number of alkyl halides is 1. The van der Waals surface area contributed by atoms with Crippen LogP contribution < -0.4 is 5.32 Å². The van der Waals surface area contributed by atoms with Crippen molar-refractivity contribution in [2.75, 3.05) is 13.7 Å². The number of methoxy groups -OCH3 is 1. The van der Waals surface area contributed by atoms with Crippen molar-refractivity contribution in [2.24, 2.45) is 0 Å². The Morgan fingerprint density at radius 1 is 1.47 bits per heavy atom. The molecule has 0 aliphatic carbocycles. The largest absolute Gasteiger partial charge is 0.468 e. The molecule has 1 rings (SSSR count). The standard InChI is InChI=1S/C12H14BrNO3/c1-8-4-3-5-9(6-8)11(15)14-7-10(13)12(16)17-2/h3-6,10H,7H2,1-2H3,(H,14,15). The molecule has 0 spiro atoms. The first-order chi connectivity index (χ1) is 8.04. The van der Waals surface area contributed by atoms with E-state index in [1.165, 1.54) is 7.11 Å². The lowest BCUT2D eigenvalue weighted by molar-refractivity contribution is -0.139. The second kappa shape index (κ2) is 6.39. The third-order valence-electron chi connectivity index (χ3n) is 2.18. The second-order valence-corrected chi connectivity index (χ2v) is 4.68. The third kappa shape index (κ3) is 4.19. The van der Waals surface area contributed by atoms with Crippen LogP contribution in [0.15, 0.2) is 24.3 Å². The van der Waals surface area contributed by atoms with Gasteiger partial charge in [-0.05, 0) is 19.1 Å².